The molecule has 0 radical (unpaired) electrons. The number of fused-ring (bicyclic) bond motifs is 1. The van der Waals surface area contributed by atoms with E-state index < -0.39 is 10.8 Å². The quantitative estimate of drug-likeness (QED) is 0.764. The molecular weight excluding hydrogens is 334 g/mol. The van der Waals surface area contributed by atoms with Crippen LogP contribution >= 0.6 is 0 Å². The van der Waals surface area contributed by atoms with Crippen LogP contribution in [0, 0.1) is 0 Å². The number of nitrogens with zero attached hydrogens (tertiary/aromatic N) is 2. The van der Waals surface area contributed by atoms with Crippen LogP contribution in [-0.2, 0) is 17.3 Å². The first-order valence-electron chi connectivity index (χ1n) is 8.20. The SMILES string of the molecule is CCn1c(C(C)NC(=O)c2ccc(S(C)=O)cc2)nc2ccccc21. The fraction of sp³-hybridized carbons (Fsp3) is 0.263. The van der Waals surface area contributed by atoms with Crippen LogP contribution in [0.2, 0.25) is 0 Å². The summed E-state index contributed by atoms with van der Waals surface area (Å²) in [6.45, 7) is 4.78. The van der Waals surface area contributed by atoms with E-state index in [-0.39, 0.29) is 11.9 Å². The Kier molecular flexibility index (Phi) is 4.99. The molecule has 3 rings (SSSR count). The van der Waals surface area contributed by atoms with E-state index in [0.29, 0.717) is 10.5 Å². The summed E-state index contributed by atoms with van der Waals surface area (Å²) in [6, 6.07) is 14.6. The van der Waals surface area contributed by atoms with Crippen molar-refractivity contribution in [1.82, 2.24) is 14.9 Å². The average Bonchev–Trinajstić information content (AvgIpc) is 3.00. The van der Waals surface area contributed by atoms with Crippen molar-refractivity contribution in [2.24, 2.45) is 0 Å². The molecule has 0 saturated carbocycles. The molecule has 1 N–H and O–H groups in total. The molecule has 2 unspecified atom stereocenters. The van der Waals surface area contributed by atoms with Gasteiger partial charge in [0, 0.05) is 34.1 Å². The van der Waals surface area contributed by atoms with Crippen LogP contribution in [0.4, 0.5) is 0 Å². The summed E-state index contributed by atoms with van der Waals surface area (Å²) in [5.41, 5.74) is 2.53. The van der Waals surface area contributed by atoms with Gasteiger partial charge in [-0.2, -0.15) is 0 Å². The molecule has 25 heavy (non-hydrogen) atoms. The Bertz CT molecular complexity index is 931. The summed E-state index contributed by atoms with van der Waals surface area (Å²) in [5, 5.41) is 3.00. The first kappa shape index (κ1) is 17.4. The van der Waals surface area contributed by atoms with E-state index in [2.05, 4.69) is 21.8 Å². The van der Waals surface area contributed by atoms with Crippen molar-refractivity contribution in [1.29, 1.82) is 0 Å². The summed E-state index contributed by atoms with van der Waals surface area (Å²) in [4.78, 5) is 17.9. The molecule has 0 saturated heterocycles. The number of aromatic nitrogens is 2. The fourth-order valence-corrected chi connectivity index (χ4v) is 3.42. The predicted octanol–water partition coefficient (Wildman–Crippen LogP) is 3.28. The zero-order chi connectivity index (χ0) is 18.0. The molecule has 0 aliphatic heterocycles. The molecule has 0 bridgehead atoms. The Hall–Kier alpha value is -2.47. The van der Waals surface area contributed by atoms with Gasteiger partial charge in [-0.05, 0) is 50.2 Å². The number of benzene rings is 2. The van der Waals surface area contributed by atoms with Gasteiger partial charge < -0.3 is 9.88 Å². The Labute approximate surface area is 149 Å². The van der Waals surface area contributed by atoms with Gasteiger partial charge in [0.2, 0.25) is 0 Å². The summed E-state index contributed by atoms with van der Waals surface area (Å²) < 4.78 is 13.6. The van der Waals surface area contributed by atoms with E-state index in [9.17, 15) is 9.00 Å². The number of nitrogens with one attached hydrogen (secondary N) is 1. The summed E-state index contributed by atoms with van der Waals surface area (Å²) in [5.74, 6) is 0.666. The molecule has 130 valence electrons. The molecule has 1 heterocycles. The van der Waals surface area contributed by atoms with Crippen molar-refractivity contribution in [2.75, 3.05) is 6.26 Å². The van der Waals surface area contributed by atoms with E-state index >= 15 is 0 Å². The van der Waals surface area contributed by atoms with E-state index in [1.54, 1.807) is 30.5 Å². The lowest BCUT2D eigenvalue weighted by atomic mass is 10.2. The van der Waals surface area contributed by atoms with Gasteiger partial charge in [-0.1, -0.05) is 12.1 Å². The molecule has 3 aromatic rings. The number of rotatable bonds is 5. The van der Waals surface area contributed by atoms with Gasteiger partial charge in [-0.15, -0.1) is 0 Å². The van der Waals surface area contributed by atoms with Crippen molar-refractivity contribution in [3.05, 3.63) is 59.9 Å². The molecular formula is C19H21N3O2S. The number of hydrogen-bond donors (Lipinski definition) is 1. The van der Waals surface area contributed by atoms with Crippen LogP contribution in [0.1, 0.15) is 36.1 Å². The largest absolute Gasteiger partial charge is 0.342 e. The Morgan fingerprint density at radius 3 is 2.52 bits per heavy atom. The molecule has 1 aromatic heterocycles. The van der Waals surface area contributed by atoms with E-state index in [0.717, 1.165) is 23.4 Å². The average molecular weight is 355 g/mol. The van der Waals surface area contributed by atoms with Gasteiger partial charge in [0.15, 0.2) is 0 Å². The highest BCUT2D eigenvalue weighted by molar-refractivity contribution is 7.84. The Morgan fingerprint density at radius 1 is 1.20 bits per heavy atom. The van der Waals surface area contributed by atoms with Gasteiger partial charge in [-0.25, -0.2) is 4.98 Å². The molecule has 0 spiro atoms. The Balaban J connectivity index is 1.83. The van der Waals surface area contributed by atoms with Crippen LogP contribution in [0.3, 0.4) is 0 Å². The van der Waals surface area contributed by atoms with Crippen LogP contribution < -0.4 is 5.32 Å². The number of imidazole rings is 1. The Morgan fingerprint density at radius 2 is 1.88 bits per heavy atom. The maximum absolute atomic E-state index is 12.5. The van der Waals surface area contributed by atoms with Crippen molar-refractivity contribution in [3.8, 4) is 0 Å². The fourth-order valence-electron chi connectivity index (χ4n) is 2.90. The zero-order valence-corrected chi connectivity index (χ0v) is 15.3. The van der Waals surface area contributed by atoms with Gasteiger partial charge >= 0.3 is 0 Å². The van der Waals surface area contributed by atoms with Gasteiger partial charge in [-0.3, -0.25) is 9.00 Å². The highest BCUT2D eigenvalue weighted by Gasteiger charge is 2.18. The second kappa shape index (κ2) is 7.19. The molecule has 2 aromatic carbocycles. The van der Waals surface area contributed by atoms with Gasteiger partial charge in [0.1, 0.15) is 5.82 Å². The smallest absolute Gasteiger partial charge is 0.251 e. The first-order valence-corrected chi connectivity index (χ1v) is 9.76. The number of para-hydroxylation sites is 2. The van der Waals surface area contributed by atoms with Crippen LogP contribution in [0.5, 0.6) is 0 Å². The molecule has 6 heteroatoms. The van der Waals surface area contributed by atoms with Gasteiger partial charge in [0.05, 0.1) is 17.1 Å². The minimum Gasteiger partial charge on any atom is -0.342 e. The molecule has 5 nitrogen and oxygen atoms in total. The third-order valence-corrected chi connectivity index (χ3v) is 5.12. The maximum atomic E-state index is 12.5. The standard InChI is InChI=1S/C19H21N3O2S/c1-4-22-17-8-6-5-7-16(17)21-18(22)13(2)20-19(23)14-9-11-15(12-10-14)25(3)24/h5-13H,4H2,1-3H3,(H,20,23). The minimum atomic E-state index is -1.05. The number of hydrogen-bond acceptors (Lipinski definition) is 3. The first-order chi connectivity index (χ1) is 12.0. The number of amides is 1. The maximum Gasteiger partial charge on any atom is 0.251 e. The third-order valence-electron chi connectivity index (χ3n) is 4.18. The number of carbonyl (C=O) groups excluding carboxylic acids is 1. The highest BCUT2D eigenvalue weighted by Crippen LogP contribution is 2.21. The van der Waals surface area contributed by atoms with E-state index in [1.165, 1.54) is 0 Å². The summed E-state index contributed by atoms with van der Waals surface area (Å²) in [6.07, 6.45) is 1.62. The number of carbonyl (C=O) groups is 1. The van der Waals surface area contributed by atoms with Crippen LogP contribution in [0.15, 0.2) is 53.4 Å². The van der Waals surface area contributed by atoms with Crippen molar-refractivity contribution in [2.45, 2.75) is 31.3 Å². The zero-order valence-electron chi connectivity index (χ0n) is 14.5. The monoisotopic (exact) mass is 355 g/mol. The lowest BCUT2D eigenvalue weighted by molar-refractivity contribution is 0.0937. The predicted molar refractivity (Wildman–Crippen MR) is 100 cm³/mol. The molecule has 1 amide bonds. The normalized spacial score (nSPS) is 13.6. The number of aryl methyl sites for hydroxylation is 1. The lowest BCUT2D eigenvalue weighted by Gasteiger charge is -2.15. The van der Waals surface area contributed by atoms with Crippen molar-refractivity contribution < 1.29 is 9.00 Å². The highest BCUT2D eigenvalue weighted by atomic mass is 32.2. The molecule has 0 fully saturated rings. The van der Waals surface area contributed by atoms with Gasteiger partial charge in [0.25, 0.3) is 5.91 Å². The van der Waals surface area contributed by atoms with Crippen molar-refractivity contribution >= 4 is 27.7 Å². The second-order valence-corrected chi connectivity index (χ2v) is 7.26. The van der Waals surface area contributed by atoms with Crippen LogP contribution in [0.25, 0.3) is 11.0 Å². The molecule has 0 aliphatic rings. The summed E-state index contributed by atoms with van der Waals surface area (Å²) >= 11 is 0. The lowest BCUT2D eigenvalue weighted by Crippen LogP contribution is -2.28. The van der Waals surface area contributed by atoms with E-state index in [1.807, 2.05) is 31.2 Å². The van der Waals surface area contributed by atoms with Crippen molar-refractivity contribution in [3.63, 3.8) is 0 Å². The van der Waals surface area contributed by atoms with Crippen LogP contribution in [-0.4, -0.2) is 25.9 Å². The van der Waals surface area contributed by atoms with E-state index in [4.69, 9.17) is 0 Å². The minimum absolute atomic E-state index is 0.171. The third kappa shape index (κ3) is 3.49. The molecule has 2 atom stereocenters. The molecule has 0 aliphatic carbocycles. The topological polar surface area (TPSA) is 64.0 Å². The second-order valence-electron chi connectivity index (χ2n) is 5.88. The summed E-state index contributed by atoms with van der Waals surface area (Å²) in [7, 11) is -1.05.